The lowest BCUT2D eigenvalue weighted by Gasteiger charge is -2.30. The maximum Gasteiger partial charge on any atom is 0.187 e. The molecule has 1 saturated carbocycles. The molecule has 1 aliphatic rings. The molecule has 98 valence electrons. The fourth-order valence-electron chi connectivity index (χ4n) is 2.27. The Bertz CT molecular complexity index is 270. The first-order valence-corrected chi connectivity index (χ1v) is 7.20. The summed E-state index contributed by atoms with van der Waals surface area (Å²) in [7, 11) is 0. The van der Waals surface area contributed by atoms with Crippen LogP contribution in [0.3, 0.4) is 0 Å². The van der Waals surface area contributed by atoms with Gasteiger partial charge in [0.05, 0.1) is 0 Å². The largest absolute Gasteiger partial charge is 0.358 e. The van der Waals surface area contributed by atoms with Crippen molar-refractivity contribution in [2.45, 2.75) is 65.3 Å². The van der Waals surface area contributed by atoms with Crippen LogP contribution in [-0.4, -0.2) is 16.9 Å². The van der Waals surface area contributed by atoms with Crippen LogP contribution in [0.1, 0.15) is 59.3 Å². The smallest absolute Gasteiger partial charge is 0.187 e. The van der Waals surface area contributed by atoms with E-state index in [1.165, 1.54) is 25.7 Å². The van der Waals surface area contributed by atoms with Gasteiger partial charge >= 0.3 is 0 Å². The Labute approximate surface area is 110 Å². The molecular weight excluding hydrogens is 230 g/mol. The number of hydrazone groups is 1. The zero-order valence-corrected chi connectivity index (χ0v) is 12.1. The third-order valence-corrected chi connectivity index (χ3v) is 3.77. The average Bonchev–Trinajstić information content (AvgIpc) is 2.33. The summed E-state index contributed by atoms with van der Waals surface area (Å²) in [4.78, 5) is 0. The van der Waals surface area contributed by atoms with Crippen molar-refractivity contribution in [2.24, 2.45) is 11.0 Å². The van der Waals surface area contributed by atoms with Crippen LogP contribution >= 0.6 is 12.2 Å². The lowest BCUT2D eigenvalue weighted by molar-refractivity contribution is 0.308. The van der Waals surface area contributed by atoms with Gasteiger partial charge in [0, 0.05) is 11.8 Å². The van der Waals surface area contributed by atoms with Gasteiger partial charge < -0.3 is 5.32 Å². The fraction of sp³-hybridized carbons (Fsp3) is 0.846. The molecule has 2 N–H and O–H groups in total. The molecule has 0 bridgehead atoms. The zero-order chi connectivity index (χ0) is 12.7. The van der Waals surface area contributed by atoms with Gasteiger partial charge in [0.15, 0.2) is 5.11 Å². The highest BCUT2D eigenvalue weighted by molar-refractivity contribution is 7.80. The Morgan fingerprint density at radius 2 is 1.88 bits per heavy atom. The van der Waals surface area contributed by atoms with Gasteiger partial charge in [-0.15, -0.1) is 0 Å². The average molecular weight is 255 g/mol. The predicted molar refractivity (Wildman–Crippen MR) is 78.3 cm³/mol. The van der Waals surface area contributed by atoms with E-state index in [9.17, 15) is 0 Å². The zero-order valence-electron chi connectivity index (χ0n) is 11.3. The molecule has 0 unspecified atom stereocenters. The molecule has 0 saturated heterocycles. The number of hydrogen-bond acceptors (Lipinski definition) is 2. The van der Waals surface area contributed by atoms with Crippen LogP contribution in [0.2, 0.25) is 0 Å². The van der Waals surface area contributed by atoms with E-state index in [-0.39, 0.29) is 0 Å². The van der Waals surface area contributed by atoms with Crippen molar-refractivity contribution in [3.05, 3.63) is 0 Å². The molecule has 0 radical (unpaired) electrons. The normalized spacial score (nSPS) is 23.9. The van der Waals surface area contributed by atoms with Crippen LogP contribution in [0, 0.1) is 5.92 Å². The van der Waals surface area contributed by atoms with Gasteiger partial charge in [-0.05, 0) is 43.8 Å². The van der Waals surface area contributed by atoms with Crippen molar-refractivity contribution >= 4 is 23.0 Å². The van der Waals surface area contributed by atoms with Crippen LogP contribution in [0.5, 0.6) is 0 Å². The molecule has 0 aromatic rings. The molecule has 1 rings (SSSR count). The molecule has 2 atom stereocenters. The monoisotopic (exact) mass is 255 g/mol. The Morgan fingerprint density at radius 3 is 2.47 bits per heavy atom. The second kappa shape index (κ2) is 7.64. The van der Waals surface area contributed by atoms with E-state index >= 15 is 0 Å². The Morgan fingerprint density at radius 1 is 1.24 bits per heavy atom. The molecule has 0 aliphatic heterocycles. The predicted octanol–water partition coefficient (Wildman–Crippen LogP) is 3.21. The van der Waals surface area contributed by atoms with E-state index < -0.39 is 0 Å². The quantitative estimate of drug-likeness (QED) is 0.460. The minimum Gasteiger partial charge on any atom is -0.358 e. The van der Waals surface area contributed by atoms with Crippen molar-refractivity contribution in [1.29, 1.82) is 0 Å². The lowest BCUT2D eigenvalue weighted by atomic mass is 9.86. The van der Waals surface area contributed by atoms with E-state index in [1.54, 1.807) is 0 Å². The molecule has 3 nitrogen and oxygen atoms in total. The van der Waals surface area contributed by atoms with Crippen LogP contribution in [0.15, 0.2) is 5.10 Å². The summed E-state index contributed by atoms with van der Waals surface area (Å²) >= 11 is 5.27. The van der Waals surface area contributed by atoms with Gasteiger partial charge in [-0.25, -0.2) is 0 Å². The number of nitrogens with one attached hydrogen (secondary N) is 2. The number of thiocarbonyl (C=S) groups is 1. The van der Waals surface area contributed by atoms with Crippen LogP contribution in [0.25, 0.3) is 0 Å². The van der Waals surface area contributed by atoms with Crippen molar-refractivity contribution < 1.29 is 0 Å². The molecule has 4 heteroatoms. The van der Waals surface area contributed by atoms with Gasteiger partial charge in [0.1, 0.15) is 0 Å². The van der Waals surface area contributed by atoms with Crippen molar-refractivity contribution in [2.75, 3.05) is 0 Å². The van der Waals surface area contributed by atoms with Crippen LogP contribution in [0.4, 0.5) is 0 Å². The third kappa shape index (κ3) is 5.02. The molecule has 0 aromatic carbocycles. The van der Waals surface area contributed by atoms with Gasteiger partial charge in [-0.1, -0.05) is 33.6 Å². The molecular formula is C13H25N3S. The van der Waals surface area contributed by atoms with Gasteiger partial charge in [0.2, 0.25) is 0 Å². The standard InChI is InChI=1S/C13H25N3S/c1-4-11(5-2)15-16-13(17)14-12-9-7-6-8-10(12)3/h10,12H,4-9H2,1-3H3,(H2,14,16,17)/t10-,12-/m0/s1. The van der Waals surface area contributed by atoms with E-state index in [0.29, 0.717) is 17.1 Å². The summed E-state index contributed by atoms with van der Waals surface area (Å²) in [5.41, 5.74) is 4.12. The Hall–Kier alpha value is -0.640. The molecule has 0 spiro atoms. The number of rotatable bonds is 4. The van der Waals surface area contributed by atoms with Crippen molar-refractivity contribution in [3.63, 3.8) is 0 Å². The van der Waals surface area contributed by atoms with E-state index in [2.05, 4.69) is 36.6 Å². The highest BCUT2D eigenvalue weighted by Crippen LogP contribution is 2.23. The van der Waals surface area contributed by atoms with Gasteiger partial charge in [0.25, 0.3) is 0 Å². The van der Waals surface area contributed by atoms with Crippen molar-refractivity contribution in [3.8, 4) is 0 Å². The summed E-state index contributed by atoms with van der Waals surface area (Å²) in [5.74, 6) is 0.712. The maximum absolute atomic E-state index is 5.27. The number of hydrogen-bond donors (Lipinski definition) is 2. The summed E-state index contributed by atoms with van der Waals surface area (Å²) in [5, 5.41) is 8.37. The molecule has 0 aromatic heterocycles. The first-order chi connectivity index (χ1) is 8.17. The molecule has 0 amide bonds. The SMILES string of the molecule is CCC(CC)=NNC(=S)N[C@H]1CCCC[C@@H]1C. The molecule has 1 fully saturated rings. The Kier molecular flexibility index (Phi) is 6.48. The first kappa shape index (κ1) is 14.4. The topological polar surface area (TPSA) is 36.4 Å². The minimum absolute atomic E-state index is 0.519. The highest BCUT2D eigenvalue weighted by atomic mass is 32.1. The second-order valence-corrected chi connectivity index (χ2v) is 5.25. The van der Waals surface area contributed by atoms with Crippen LogP contribution in [-0.2, 0) is 0 Å². The van der Waals surface area contributed by atoms with Crippen LogP contribution < -0.4 is 10.7 Å². The van der Waals surface area contributed by atoms with E-state index in [1.807, 2.05) is 0 Å². The summed E-state index contributed by atoms with van der Waals surface area (Å²) < 4.78 is 0. The third-order valence-electron chi connectivity index (χ3n) is 3.56. The van der Waals surface area contributed by atoms with Crippen molar-refractivity contribution in [1.82, 2.24) is 10.7 Å². The first-order valence-electron chi connectivity index (χ1n) is 6.79. The Balaban J connectivity index is 2.35. The lowest BCUT2D eigenvalue weighted by Crippen LogP contribution is -2.44. The second-order valence-electron chi connectivity index (χ2n) is 4.84. The molecule has 1 aliphatic carbocycles. The van der Waals surface area contributed by atoms with Gasteiger partial charge in [-0.3, -0.25) is 5.43 Å². The summed E-state index contributed by atoms with van der Waals surface area (Å²) in [6.45, 7) is 6.53. The molecule has 0 heterocycles. The summed E-state index contributed by atoms with van der Waals surface area (Å²) in [6.07, 6.45) is 7.15. The summed E-state index contributed by atoms with van der Waals surface area (Å²) in [6, 6.07) is 0.519. The fourth-order valence-corrected chi connectivity index (χ4v) is 2.47. The highest BCUT2D eigenvalue weighted by Gasteiger charge is 2.21. The molecule has 17 heavy (non-hydrogen) atoms. The van der Waals surface area contributed by atoms with Gasteiger partial charge in [-0.2, -0.15) is 5.10 Å². The number of nitrogens with zero attached hydrogens (tertiary/aromatic N) is 1. The maximum atomic E-state index is 5.27. The minimum atomic E-state index is 0.519. The van der Waals surface area contributed by atoms with E-state index in [0.717, 1.165) is 18.6 Å². The van der Waals surface area contributed by atoms with E-state index in [4.69, 9.17) is 12.2 Å².